The zero-order valence-electron chi connectivity index (χ0n) is 26.8. The van der Waals surface area contributed by atoms with E-state index in [1.807, 2.05) is 66.7 Å². The van der Waals surface area contributed by atoms with Crippen LogP contribution in [0.3, 0.4) is 0 Å². The maximum absolute atomic E-state index is 12.5. The minimum Gasteiger partial charge on any atom is -0.397 e. The Balaban J connectivity index is 1.15. The molecule has 1 fully saturated rings. The lowest BCUT2D eigenvalue weighted by Gasteiger charge is -2.36. The molecule has 48 heavy (non-hydrogen) atoms. The summed E-state index contributed by atoms with van der Waals surface area (Å²) in [5, 5.41) is 24.4. The van der Waals surface area contributed by atoms with Crippen LogP contribution in [0.15, 0.2) is 97.1 Å². The molecular weight excluding hydrogens is 627 g/mol. The second kappa shape index (κ2) is 17.8. The predicted octanol–water partition coefficient (Wildman–Crippen LogP) is 6.12. The number of aliphatic hydroxyl groups excluding tert-OH is 2. The van der Waals surface area contributed by atoms with Gasteiger partial charge in [0.25, 0.3) is 0 Å². The normalized spacial score (nSPS) is 17.5. The van der Waals surface area contributed by atoms with Crippen LogP contribution < -0.4 is 16.4 Å². The third-order valence-corrected chi connectivity index (χ3v) is 9.21. The smallest absolute Gasteiger partial charge is 0.224 e. The highest BCUT2D eigenvalue weighted by atomic mass is 32.2. The topological polar surface area (TPSA) is 143 Å². The first-order valence-corrected chi connectivity index (χ1v) is 17.4. The Labute approximate surface area is 285 Å². The summed E-state index contributed by atoms with van der Waals surface area (Å²) in [6, 6.07) is 31.1. The number of nitrogens with one attached hydrogen (secondary N) is 2. The molecule has 1 aliphatic heterocycles. The van der Waals surface area contributed by atoms with E-state index in [0.29, 0.717) is 36.5 Å². The summed E-state index contributed by atoms with van der Waals surface area (Å²) >= 11 is 1.66. The fraction of sp³-hybridized carbons (Fsp3) is 0.316. The molecule has 4 aromatic carbocycles. The van der Waals surface area contributed by atoms with Crippen LogP contribution in [0, 0.1) is 0 Å². The Bertz CT molecular complexity index is 1630. The SMILES string of the molecule is Nc1ccccc1NC(=O)CCCC(=O)NCc1cccc(-c2ccc([C@H]3O[C@@H](CSCCO)C[C@@H](c4ccc(CO)cc4)O3)cc2)c1. The summed E-state index contributed by atoms with van der Waals surface area (Å²) in [6.45, 7) is 0.512. The van der Waals surface area contributed by atoms with Gasteiger partial charge in [0.05, 0.1) is 36.8 Å². The van der Waals surface area contributed by atoms with Gasteiger partial charge in [0, 0.05) is 42.9 Å². The fourth-order valence-corrected chi connectivity index (χ4v) is 6.29. The van der Waals surface area contributed by atoms with E-state index in [-0.39, 0.29) is 50.1 Å². The van der Waals surface area contributed by atoms with Crippen LogP contribution in [-0.4, -0.2) is 46.2 Å². The summed E-state index contributed by atoms with van der Waals surface area (Å²) < 4.78 is 12.8. The van der Waals surface area contributed by atoms with Gasteiger partial charge in [-0.1, -0.05) is 78.9 Å². The molecule has 2 amide bonds. The van der Waals surface area contributed by atoms with Crippen LogP contribution in [0.1, 0.15) is 60.3 Å². The van der Waals surface area contributed by atoms with Crippen LogP contribution in [-0.2, 0) is 32.2 Å². The van der Waals surface area contributed by atoms with Crippen molar-refractivity contribution in [3.8, 4) is 11.1 Å². The number of nitrogens with two attached hydrogens (primary N) is 1. The summed E-state index contributed by atoms with van der Waals surface area (Å²) in [4.78, 5) is 24.7. The number of ether oxygens (including phenoxy) is 2. The van der Waals surface area contributed by atoms with Crippen molar-refractivity contribution < 1.29 is 29.3 Å². The average molecular weight is 670 g/mol. The number of aliphatic hydroxyl groups is 2. The third kappa shape index (κ3) is 10.2. The molecule has 10 heteroatoms. The van der Waals surface area contributed by atoms with Gasteiger partial charge in [-0.2, -0.15) is 11.8 Å². The van der Waals surface area contributed by atoms with Gasteiger partial charge in [0.15, 0.2) is 6.29 Å². The van der Waals surface area contributed by atoms with Gasteiger partial charge in [0.1, 0.15) is 0 Å². The molecule has 1 heterocycles. The molecule has 0 spiro atoms. The molecule has 0 radical (unpaired) electrons. The lowest BCUT2D eigenvalue weighted by atomic mass is 9.99. The van der Waals surface area contributed by atoms with Crippen molar-refractivity contribution >= 4 is 35.0 Å². The van der Waals surface area contributed by atoms with Crippen LogP contribution in [0.2, 0.25) is 0 Å². The number of para-hydroxylation sites is 2. The molecule has 0 unspecified atom stereocenters. The van der Waals surface area contributed by atoms with Gasteiger partial charge in [-0.3, -0.25) is 9.59 Å². The molecule has 252 valence electrons. The van der Waals surface area contributed by atoms with E-state index in [1.54, 1.807) is 36.0 Å². The van der Waals surface area contributed by atoms with Crippen LogP contribution >= 0.6 is 11.8 Å². The first kappa shape index (κ1) is 35.1. The van der Waals surface area contributed by atoms with Gasteiger partial charge in [-0.15, -0.1) is 0 Å². The zero-order valence-corrected chi connectivity index (χ0v) is 27.7. The molecule has 0 bridgehead atoms. The van der Waals surface area contributed by atoms with E-state index in [9.17, 15) is 19.8 Å². The molecule has 9 nitrogen and oxygen atoms in total. The molecular formula is C38H43N3O6S. The Morgan fingerprint density at radius 1 is 0.812 bits per heavy atom. The molecule has 5 rings (SSSR count). The van der Waals surface area contributed by atoms with Crippen molar-refractivity contribution in [3.63, 3.8) is 0 Å². The summed E-state index contributed by atoms with van der Waals surface area (Å²) in [6.07, 6.45) is 0.872. The minimum atomic E-state index is -0.542. The van der Waals surface area contributed by atoms with E-state index in [0.717, 1.165) is 39.1 Å². The maximum Gasteiger partial charge on any atom is 0.224 e. The van der Waals surface area contributed by atoms with Crippen molar-refractivity contribution in [2.45, 2.75) is 57.3 Å². The highest BCUT2D eigenvalue weighted by Gasteiger charge is 2.32. The number of hydrogen-bond acceptors (Lipinski definition) is 8. The van der Waals surface area contributed by atoms with Crippen LogP contribution in [0.25, 0.3) is 11.1 Å². The number of benzene rings is 4. The van der Waals surface area contributed by atoms with Crippen molar-refractivity contribution in [1.29, 1.82) is 0 Å². The maximum atomic E-state index is 12.5. The molecule has 0 saturated carbocycles. The molecule has 3 atom stereocenters. The van der Waals surface area contributed by atoms with Crippen molar-refractivity contribution in [2.75, 3.05) is 29.2 Å². The number of hydrogen-bond donors (Lipinski definition) is 5. The standard InChI is InChI=1S/C38H43N3O6S/c39-33-7-1-2-8-34(33)41-37(45)10-4-9-36(44)40-23-27-5-3-6-31(21-27)28-15-17-30(18-16-28)38-46-32(25-48-20-19-42)22-35(47-38)29-13-11-26(24-43)12-14-29/h1-3,5-8,11-18,21,32,35,38,42-43H,4,9-10,19-20,22-25,39H2,(H,40,44)(H,41,45)/t32-,35+,38+/m1/s1. The Kier molecular flexibility index (Phi) is 13.0. The molecule has 0 aromatic heterocycles. The fourth-order valence-electron chi connectivity index (χ4n) is 5.52. The van der Waals surface area contributed by atoms with Crippen LogP contribution in [0.5, 0.6) is 0 Å². The number of thioether (sulfide) groups is 1. The second-order valence-electron chi connectivity index (χ2n) is 11.7. The third-order valence-electron chi connectivity index (χ3n) is 8.13. The largest absolute Gasteiger partial charge is 0.397 e. The average Bonchev–Trinajstić information content (AvgIpc) is 3.12. The summed E-state index contributed by atoms with van der Waals surface area (Å²) in [7, 11) is 0. The molecule has 6 N–H and O–H groups in total. The molecule has 4 aromatic rings. The quantitative estimate of drug-likeness (QED) is 0.0753. The van der Waals surface area contributed by atoms with Gasteiger partial charge in [-0.25, -0.2) is 0 Å². The molecule has 1 aliphatic rings. The molecule has 1 saturated heterocycles. The Morgan fingerprint density at radius 2 is 1.56 bits per heavy atom. The van der Waals surface area contributed by atoms with E-state index >= 15 is 0 Å². The Morgan fingerprint density at radius 3 is 2.31 bits per heavy atom. The number of amides is 2. The van der Waals surface area contributed by atoms with Gasteiger partial charge >= 0.3 is 0 Å². The first-order valence-electron chi connectivity index (χ1n) is 16.2. The van der Waals surface area contributed by atoms with Crippen LogP contribution in [0.4, 0.5) is 11.4 Å². The lowest BCUT2D eigenvalue weighted by Crippen LogP contribution is -2.31. The number of rotatable bonds is 15. The van der Waals surface area contributed by atoms with Gasteiger partial charge < -0.3 is 36.1 Å². The Hall–Kier alpha value is -4.19. The second-order valence-corrected chi connectivity index (χ2v) is 12.9. The van der Waals surface area contributed by atoms with Crippen molar-refractivity contribution in [2.24, 2.45) is 0 Å². The van der Waals surface area contributed by atoms with E-state index in [1.165, 1.54) is 0 Å². The number of anilines is 2. The van der Waals surface area contributed by atoms with E-state index < -0.39 is 6.29 Å². The highest BCUT2D eigenvalue weighted by molar-refractivity contribution is 7.99. The van der Waals surface area contributed by atoms with Gasteiger partial charge in [0.2, 0.25) is 11.8 Å². The zero-order chi connectivity index (χ0) is 33.7. The first-order chi connectivity index (χ1) is 23.4. The van der Waals surface area contributed by atoms with E-state index in [4.69, 9.17) is 15.2 Å². The summed E-state index contributed by atoms with van der Waals surface area (Å²) in [5.74, 6) is 1.13. The lowest BCUT2D eigenvalue weighted by molar-refractivity contribution is -0.245. The number of nitrogen functional groups attached to an aromatic ring is 1. The van der Waals surface area contributed by atoms with Crippen molar-refractivity contribution in [3.05, 3.63) is 119 Å². The minimum absolute atomic E-state index is 0.00412. The highest BCUT2D eigenvalue weighted by Crippen LogP contribution is 2.39. The number of carbonyl (C=O) groups is 2. The monoisotopic (exact) mass is 669 g/mol. The van der Waals surface area contributed by atoms with E-state index in [2.05, 4.69) is 16.7 Å². The molecule has 0 aliphatic carbocycles. The van der Waals surface area contributed by atoms with Gasteiger partial charge in [-0.05, 0) is 52.4 Å². The van der Waals surface area contributed by atoms with Crippen molar-refractivity contribution in [1.82, 2.24) is 5.32 Å². The number of carbonyl (C=O) groups excluding carboxylic acids is 2. The summed E-state index contributed by atoms with van der Waals surface area (Å²) in [5.41, 5.74) is 12.8. The predicted molar refractivity (Wildman–Crippen MR) is 190 cm³/mol.